The maximum atomic E-state index is 13.1. The van der Waals surface area contributed by atoms with Gasteiger partial charge in [0.15, 0.2) is 5.13 Å². The fourth-order valence-corrected chi connectivity index (χ4v) is 7.28. The molecule has 2 saturated heterocycles. The smallest absolute Gasteiger partial charge is 0.387 e. The molecule has 2 aromatic heterocycles. The van der Waals surface area contributed by atoms with Gasteiger partial charge in [0.1, 0.15) is 17.2 Å². The molecule has 0 radical (unpaired) electrons. The summed E-state index contributed by atoms with van der Waals surface area (Å²) in [5, 5.41) is 14.5. The van der Waals surface area contributed by atoms with E-state index in [1.807, 2.05) is 0 Å². The molecule has 1 unspecified atom stereocenters. The number of hydrogen-bond donors (Lipinski definition) is 1. The lowest BCUT2D eigenvalue weighted by Crippen LogP contribution is -2.45. The number of anilines is 1. The summed E-state index contributed by atoms with van der Waals surface area (Å²) < 4.78 is 44.0. The summed E-state index contributed by atoms with van der Waals surface area (Å²) in [4.78, 5) is 18.6. The van der Waals surface area contributed by atoms with E-state index in [2.05, 4.69) is 10.1 Å². The Morgan fingerprint density at radius 2 is 1.90 bits per heavy atom. The van der Waals surface area contributed by atoms with Gasteiger partial charge in [-0.15, -0.1) is 0 Å². The molecule has 1 N–H and O–H groups in total. The number of rotatable bonds is 9. The van der Waals surface area contributed by atoms with Crippen LogP contribution in [0.5, 0.6) is 5.75 Å². The van der Waals surface area contributed by atoms with Gasteiger partial charge in [-0.3, -0.25) is 0 Å². The third-order valence-corrected chi connectivity index (χ3v) is 9.15. The van der Waals surface area contributed by atoms with Crippen LogP contribution in [0.1, 0.15) is 66.1 Å². The number of nitrogens with zero attached hydrogens (tertiary/aromatic N) is 3. The van der Waals surface area contributed by atoms with E-state index in [9.17, 15) is 18.7 Å². The highest BCUT2D eigenvalue weighted by molar-refractivity contribution is 7.22. The van der Waals surface area contributed by atoms with Crippen molar-refractivity contribution >= 4 is 32.7 Å². The molecule has 11 heteroatoms. The Morgan fingerprint density at radius 3 is 2.62 bits per heavy atom. The molecule has 3 atom stereocenters. The third kappa shape index (κ3) is 4.71. The first-order valence-electron chi connectivity index (χ1n) is 13.5. The molecule has 0 spiro atoms. The molecule has 2 aliphatic heterocycles. The highest BCUT2D eigenvalue weighted by Gasteiger charge is 2.43. The number of piperidine rings is 1. The average Bonchev–Trinajstić information content (AvgIpc) is 3.45. The largest absolute Gasteiger partial charge is 0.478 e. The Labute approximate surface area is 232 Å². The number of alkyl halides is 2. The molecule has 4 aromatic rings. The Balaban J connectivity index is 1.09. The Bertz CT molecular complexity index is 1550. The van der Waals surface area contributed by atoms with E-state index in [0.717, 1.165) is 65.2 Å². The van der Waals surface area contributed by atoms with Crippen LogP contribution in [0, 0.1) is 0 Å². The van der Waals surface area contributed by atoms with Crippen molar-refractivity contribution in [3.8, 4) is 17.0 Å². The molecule has 3 fully saturated rings. The van der Waals surface area contributed by atoms with Gasteiger partial charge in [0.25, 0.3) is 0 Å². The highest BCUT2D eigenvalue weighted by Crippen LogP contribution is 2.47. The van der Waals surface area contributed by atoms with E-state index in [1.165, 1.54) is 17.4 Å². The van der Waals surface area contributed by atoms with Gasteiger partial charge >= 0.3 is 12.6 Å². The SMILES string of the molecule is O=C(O)c1ccc2nc(N3[C@@H]4CC[C@H]3CC(OCc3c(-c5ccccc5OC(F)F)noc3C3CC3)C4)sc2c1. The zero-order valence-corrected chi connectivity index (χ0v) is 22.3. The van der Waals surface area contributed by atoms with Crippen molar-refractivity contribution in [1.29, 1.82) is 0 Å². The normalized spacial score (nSPS) is 22.4. The maximum Gasteiger partial charge on any atom is 0.387 e. The van der Waals surface area contributed by atoms with Gasteiger partial charge in [-0.2, -0.15) is 8.78 Å². The monoisotopic (exact) mass is 567 g/mol. The first kappa shape index (κ1) is 25.4. The van der Waals surface area contributed by atoms with Crippen molar-refractivity contribution in [2.24, 2.45) is 0 Å². The molecule has 0 amide bonds. The average molecular weight is 568 g/mol. The predicted molar refractivity (Wildman–Crippen MR) is 144 cm³/mol. The molecular formula is C29H27F2N3O5S. The zero-order valence-electron chi connectivity index (χ0n) is 21.5. The van der Waals surface area contributed by atoms with E-state index in [4.69, 9.17) is 19.0 Å². The Hall–Kier alpha value is -3.57. The van der Waals surface area contributed by atoms with Gasteiger partial charge in [-0.05, 0) is 68.9 Å². The third-order valence-electron chi connectivity index (χ3n) is 8.12. The molecule has 2 bridgehead atoms. The van der Waals surface area contributed by atoms with Crippen LogP contribution in [0.3, 0.4) is 0 Å². The number of aromatic nitrogens is 2. The van der Waals surface area contributed by atoms with Gasteiger partial charge in [0.2, 0.25) is 0 Å². The lowest BCUT2D eigenvalue weighted by Gasteiger charge is -2.38. The number of thiazole rings is 1. The fraction of sp³-hybridized carbons (Fsp3) is 0.414. The first-order chi connectivity index (χ1) is 19.4. The molecular weight excluding hydrogens is 540 g/mol. The van der Waals surface area contributed by atoms with Crippen LogP contribution in [0.25, 0.3) is 21.5 Å². The molecule has 4 heterocycles. The lowest BCUT2D eigenvalue weighted by atomic mass is 10.00. The molecule has 40 heavy (non-hydrogen) atoms. The number of ether oxygens (including phenoxy) is 2. The van der Waals surface area contributed by atoms with Crippen LogP contribution in [-0.2, 0) is 11.3 Å². The molecule has 1 aliphatic carbocycles. The maximum absolute atomic E-state index is 13.1. The quantitative estimate of drug-likeness (QED) is 0.235. The summed E-state index contributed by atoms with van der Waals surface area (Å²) in [7, 11) is 0. The van der Waals surface area contributed by atoms with Gasteiger partial charge in [-0.1, -0.05) is 28.6 Å². The highest BCUT2D eigenvalue weighted by atomic mass is 32.1. The standard InChI is InChI=1S/C29H27F2N3O5S/c30-28(31)38-23-4-2-1-3-20(23)25-21(26(39-33-25)15-5-6-15)14-37-19-12-17-8-9-18(13-19)34(17)29-32-22-10-7-16(27(35)36)11-24(22)40-29/h1-4,7,10-11,15,17-19,28H,5-6,8-9,12-14H2,(H,35,36)/t17-,18+,19?. The fourth-order valence-electron chi connectivity index (χ4n) is 6.13. The molecule has 2 aromatic carbocycles. The number of para-hydroxylation sites is 1. The van der Waals surface area contributed by atoms with Crippen molar-refractivity contribution in [3.05, 3.63) is 59.4 Å². The van der Waals surface area contributed by atoms with E-state index in [-0.39, 0.29) is 42.0 Å². The van der Waals surface area contributed by atoms with Crippen molar-refractivity contribution in [2.45, 2.75) is 75.8 Å². The van der Waals surface area contributed by atoms with Crippen LogP contribution in [-0.4, -0.2) is 46.0 Å². The minimum Gasteiger partial charge on any atom is -0.478 e. The molecule has 3 aliphatic rings. The number of carboxylic acids is 1. The van der Waals surface area contributed by atoms with Gasteiger partial charge in [0.05, 0.1) is 28.5 Å². The summed E-state index contributed by atoms with van der Waals surface area (Å²) in [5.74, 6) is 0.173. The Morgan fingerprint density at radius 1 is 1.12 bits per heavy atom. The van der Waals surface area contributed by atoms with Gasteiger partial charge in [0, 0.05) is 29.1 Å². The summed E-state index contributed by atoms with van der Waals surface area (Å²) in [6.07, 6.45) is 5.83. The zero-order chi connectivity index (χ0) is 27.4. The van der Waals surface area contributed by atoms with Crippen molar-refractivity contribution < 1.29 is 32.7 Å². The topological polar surface area (TPSA) is 97.9 Å². The van der Waals surface area contributed by atoms with Crippen LogP contribution >= 0.6 is 11.3 Å². The number of hydrogen-bond acceptors (Lipinski definition) is 8. The minimum atomic E-state index is -2.94. The second-order valence-electron chi connectivity index (χ2n) is 10.7. The molecule has 208 valence electrons. The predicted octanol–water partition coefficient (Wildman–Crippen LogP) is 6.84. The number of benzene rings is 2. The van der Waals surface area contributed by atoms with E-state index < -0.39 is 12.6 Å². The van der Waals surface area contributed by atoms with Crippen molar-refractivity contribution in [1.82, 2.24) is 10.1 Å². The summed E-state index contributed by atoms with van der Waals surface area (Å²) in [6.45, 7) is -2.65. The van der Waals surface area contributed by atoms with Crippen LogP contribution in [0.15, 0.2) is 47.0 Å². The van der Waals surface area contributed by atoms with Crippen LogP contribution < -0.4 is 9.64 Å². The summed E-state index contributed by atoms with van der Waals surface area (Å²) in [6, 6.07) is 12.3. The van der Waals surface area contributed by atoms with Crippen LogP contribution in [0.2, 0.25) is 0 Å². The number of carbonyl (C=O) groups is 1. The van der Waals surface area contributed by atoms with Crippen LogP contribution in [0.4, 0.5) is 13.9 Å². The van der Waals surface area contributed by atoms with E-state index >= 15 is 0 Å². The second kappa shape index (κ2) is 10.1. The minimum absolute atomic E-state index is 0.0316. The van der Waals surface area contributed by atoms with Crippen molar-refractivity contribution in [2.75, 3.05) is 4.90 Å². The van der Waals surface area contributed by atoms with E-state index in [0.29, 0.717) is 11.3 Å². The van der Waals surface area contributed by atoms with Gasteiger partial charge < -0.3 is 24.0 Å². The van der Waals surface area contributed by atoms with Crippen molar-refractivity contribution in [3.63, 3.8) is 0 Å². The molecule has 7 rings (SSSR count). The summed E-state index contributed by atoms with van der Waals surface area (Å²) >= 11 is 1.54. The number of fused-ring (bicyclic) bond motifs is 3. The number of carboxylic acid groups (broad SMARTS) is 1. The lowest BCUT2D eigenvalue weighted by molar-refractivity contribution is -0.0494. The first-order valence-corrected chi connectivity index (χ1v) is 14.3. The number of aromatic carboxylic acids is 1. The Kier molecular flexibility index (Phi) is 6.42. The summed E-state index contributed by atoms with van der Waals surface area (Å²) in [5.41, 5.74) is 2.84. The molecule has 1 saturated carbocycles. The molecule has 8 nitrogen and oxygen atoms in total. The van der Waals surface area contributed by atoms with E-state index in [1.54, 1.807) is 36.4 Å². The number of halogens is 2. The van der Waals surface area contributed by atoms with Gasteiger partial charge in [-0.25, -0.2) is 9.78 Å². The second-order valence-corrected chi connectivity index (χ2v) is 11.7.